The van der Waals surface area contributed by atoms with Crippen LogP contribution in [-0.4, -0.2) is 52.8 Å². The lowest BCUT2D eigenvalue weighted by atomic mass is 9.49. The molecule has 2 saturated heterocycles. The van der Waals surface area contributed by atoms with Crippen molar-refractivity contribution in [2.45, 2.75) is 31.1 Å². The van der Waals surface area contributed by atoms with E-state index in [0.29, 0.717) is 23.2 Å². The summed E-state index contributed by atoms with van der Waals surface area (Å²) in [4.78, 5) is 57.6. The van der Waals surface area contributed by atoms with Gasteiger partial charge in [0.05, 0.1) is 41.0 Å². The number of methoxy groups -OCH3 is 1. The van der Waals surface area contributed by atoms with Crippen molar-refractivity contribution in [3.8, 4) is 11.5 Å². The standard InChI is InChI=1S/C35H32ClN3O6/c1-18-9-11-21(12-10-18)37-39-32(42)25-17-24-22(13-14-23-28(24)33(43)38(2)31(23)41)29(19-15-26(36)30(40)27(16-19)45-3)35(25,34(39)44)20-7-5-4-6-8-20/h4-13,15-16,23-25,28-29,37,40H,14,17H2,1-3H3. The third-order valence-corrected chi connectivity index (χ3v) is 10.5. The number of hydrogen-bond acceptors (Lipinski definition) is 7. The first-order chi connectivity index (χ1) is 21.6. The molecule has 0 bridgehead atoms. The van der Waals surface area contributed by atoms with Gasteiger partial charge in [0.2, 0.25) is 11.8 Å². The van der Waals surface area contributed by atoms with Gasteiger partial charge in [-0.15, -0.1) is 0 Å². The van der Waals surface area contributed by atoms with Crippen LogP contribution in [0.5, 0.6) is 11.5 Å². The molecule has 2 N–H and O–H groups in total. The van der Waals surface area contributed by atoms with Gasteiger partial charge in [0.15, 0.2) is 11.5 Å². The Bertz CT molecular complexity index is 1790. The molecular formula is C35H32ClN3O6. The number of amides is 4. The van der Waals surface area contributed by atoms with Crippen molar-refractivity contribution in [1.29, 1.82) is 0 Å². The third-order valence-electron chi connectivity index (χ3n) is 10.2. The highest BCUT2D eigenvalue weighted by molar-refractivity contribution is 6.32. The highest BCUT2D eigenvalue weighted by Crippen LogP contribution is 2.64. The number of phenols is 1. The minimum absolute atomic E-state index is 0.0267. The molecule has 10 heteroatoms. The highest BCUT2D eigenvalue weighted by atomic mass is 35.5. The molecule has 7 rings (SSSR count). The number of ether oxygens (including phenoxy) is 1. The fraction of sp³-hybridized carbons (Fsp3) is 0.314. The molecule has 3 aromatic rings. The Morgan fingerprint density at radius 1 is 0.956 bits per heavy atom. The molecule has 0 spiro atoms. The van der Waals surface area contributed by atoms with E-state index in [1.165, 1.54) is 19.1 Å². The first-order valence-corrected chi connectivity index (χ1v) is 15.3. The Kier molecular flexibility index (Phi) is 6.78. The number of halogens is 1. The zero-order chi connectivity index (χ0) is 31.8. The Morgan fingerprint density at radius 2 is 1.67 bits per heavy atom. The second-order valence-electron chi connectivity index (χ2n) is 12.4. The molecule has 4 amide bonds. The van der Waals surface area contributed by atoms with Crippen LogP contribution in [0, 0.1) is 30.6 Å². The predicted octanol–water partition coefficient (Wildman–Crippen LogP) is 4.98. The van der Waals surface area contributed by atoms with Crippen molar-refractivity contribution in [1.82, 2.24) is 9.91 Å². The lowest BCUT2D eigenvalue weighted by Crippen LogP contribution is -2.53. The van der Waals surface area contributed by atoms with Crippen molar-refractivity contribution in [3.05, 3.63) is 100 Å². The number of anilines is 1. The molecule has 6 unspecified atom stereocenters. The Morgan fingerprint density at radius 3 is 2.36 bits per heavy atom. The minimum Gasteiger partial charge on any atom is -0.503 e. The smallest absolute Gasteiger partial charge is 0.260 e. The fourth-order valence-corrected chi connectivity index (χ4v) is 8.41. The number of hydrazine groups is 1. The van der Waals surface area contributed by atoms with Crippen LogP contribution in [0.15, 0.2) is 78.4 Å². The summed E-state index contributed by atoms with van der Waals surface area (Å²) in [7, 11) is 2.91. The molecule has 0 aromatic heterocycles. The first kappa shape index (κ1) is 29.1. The maximum absolute atomic E-state index is 15.1. The SMILES string of the molecule is COc1cc(C2C3=CCC4C(=O)N(C)C(=O)C4C3CC3C(=O)N(Nc4ccc(C)cc4)C(=O)C32c2ccccc2)cc(Cl)c1O. The Labute approximate surface area is 265 Å². The van der Waals surface area contributed by atoms with E-state index in [4.69, 9.17) is 16.3 Å². The summed E-state index contributed by atoms with van der Waals surface area (Å²) in [5.74, 6) is -4.82. The van der Waals surface area contributed by atoms with Crippen molar-refractivity contribution in [2.24, 2.45) is 23.7 Å². The Hall–Kier alpha value is -4.63. The summed E-state index contributed by atoms with van der Waals surface area (Å²) >= 11 is 6.56. The number of benzene rings is 3. The molecule has 2 aliphatic heterocycles. The van der Waals surface area contributed by atoms with Crippen LogP contribution in [0.25, 0.3) is 0 Å². The second kappa shape index (κ2) is 10.5. The van der Waals surface area contributed by atoms with Gasteiger partial charge in [-0.2, -0.15) is 5.01 Å². The van der Waals surface area contributed by atoms with Crippen LogP contribution in [0.3, 0.4) is 0 Å². The molecule has 0 radical (unpaired) electrons. The van der Waals surface area contributed by atoms with E-state index in [1.54, 1.807) is 24.3 Å². The van der Waals surface area contributed by atoms with Crippen molar-refractivity contribution < 1.29 is 29.0 Å². The van der Waals surface area contributed by atoms with E-state index >= 15 is 4.79 Å². The van der Waals surface area contributed by atoms with E-state index in [0.717, 1.165) is 16.1 Å². The van der Waals surface area contributed by atoms with Gasteiger partial charge in [-0.3, -0.25) is 29.5 Å². The normalized spacial score (nSPS) is 28.9. The van der Waals surface area contributed by atoms with Crippen molar-refractivity contribution >= 4 is 40.9 Å². The number of fused-ring (bicyclic) bond motifs is 4. The highest BCUT2D eigenvalue weighted by Gasteiger charge is 2.70. The van der Waals surface area contributed by atoms with Crippen LogP contribution in [0.1, 0.15) is 35.4 Å². The number of nitrogens with one attached hydrogen (secondary N) is 1. The summed E-state index contributed by atoms with van der Waals surface area (Å²) < 4.78 is 5.48. The zero-order valence-electron chi connectivity index (χ0n) is 25.0. The molecule has 45 heavy (non-hydrogen) atoms. The molecular weight excluding hydrogens is 594 g/mol. The molecule has 1 saturated carbocycles. The summed E-state index contributed by atoms with van der Waals surface area (Å²) in [6.07, 6.45) is 2.50. The number of nitrogens with zero attached hydrogens (tertiary/aromatic N) is 2. The molecule has 4 aliphatic rings. The van der Waals surface area contributed by atoms with E-state index in [-0.39, 0.29) is 34.8 Å². The van der Waals surface area contributed by atoms with E-state index in [9.17, 15) is 19.5 Å². The van der Waals surface area contributed by atoms with Gasteiger partial charge in [-0.25, -0.2) is 0 Å². The number of carbonyl (C=O) groups is 4. The van der Waals surface area contributed by atoms with Gasteiger partial charge < -0.3 is 9.84 Å². The average Bonchev–Trinajstić information content (AvgIpc) is 3.40. The number of rotatable bonds is 5. The fourth-order valence-electron chi connectivity index (χ4n) is 8.20. The zero-order valence-corrected chi connectivity index (χ0v) is 25.7. The third kappa shape index (κ3) is 4.06. The summed E-state index contributed by atoms with van der Waals surface area (Å²) in [5.41, 5.74) is 5.24. The van der Waals surface area contributed by atoms with Gasteiger partial charge in [0.1, 0.15) is 0 Å². The molecule has 3 aromatic carbocycles. The summed E-state index contributed by atoms with van der Waals surface area (Å²) in [6, 6.07) is 19.9. The lowest BCUT2D eigenvalue weighted by molar-refractivity contribution is -0.140. The molecule has 3 fully saturated rings. The van der Waals surface area contributed by atoms with Gasteiger partial charge in [0, 0.05) is 13.0 Å². The maximum atomic E-state index is 15.1. The summed E-state index contributed by atoms with van der Waals surface area (Å²) in [5, 5.41) is 11.8. The predicted molar refractivity (Wildman–Crippen MR) is 166 cm³/mol. The van der Waals surface area contributed by atoms with E-state index < -0.39 is 46.8 Å². The lowest BCUT2D eigenvalue weighted by Gasteiger charge is -2.50. The van der Waals surface area contributed by atoms with Crippen LogP contribution in [0.4, 0.5) is 5.69 Å². The molecule has 2 aliphatic carbocycles. The second-order valence-corrected chi connectivity index (χ2v) is 12.8. The monoisotopic (exact) mass is 625 g/mol. The van der Waals surface area contributed by atoms with Crippen LogP contribution < -0.4 is 10.2 Å². The minimum atomic E-state index is -1.44. The van der Waals surface area contributed by atoms with E-state index in [2.05, 4.69) is 5.43 Å². The average molecular weight is 626 g/mol. The number of allylic oxidation sites excluding steroid dienone is 2. The number of imide groups is 2. The van der Waals surface area contributed by atoms with Crippen LogP contribution in [0.2, 0.25) is 5.02 Å². The largest absolute Gasteiger partial charge is 0.503 e. The number of likely N-dealkylation sites (tertiary alicyclic amines) is 1. The number of carbonyl (C=O) groups excluding carboxylic acids is 4. The van der Waals surface area contributed by atoms with E-state index in [1.807, 2.05) is 55.5 Å². The number of aromatic hydroxyl groups is 1. The van der Waals surface area contributed by atoms with Crippen LogP contribution >= 0.6 is 11.6 Å². The number of hydrogen-bond donors (Lipinski definition) is 2. The topological polar surface area (TPSA) is 116 Å². The van der Waals surface area contributed by atoms with Gasteiger partial charge >= 0.3 is 0 Å². The van der Waals surface area contributed by atoms with Crippen molar-refractivity contribution in [2.75, 3.05) is 19.6 Å². The molecule has 9 nitrogen and oxygen atoms in total. The maximum Gasteiger partial charge on any atom is 0.260 e. The quantitative estimate of drug-likeness (QED) is 0.304. The molecule has 2 heterocycles. The number of phenolic OH excluding ortho intramolecular Hbond substituents is 1. The van der Waals surface area contributed by atoms with Gasteiger partial charge in [-0.05, 0) is 61.1 Å². The van der Waals surface area contributed by atoms with Crippen LogP contribution in [-0.2, 0) is 24.6 Å². The number of aryl methyl sites for hydroxylation is 1. The molecule has 6 atom stereocenters. The van der Waals surface area contributed by atoms with Gasteiger partial charge in [-0.1, -0.05) is 71.3 Å². The molecule has 230 valence electrons. The first-order valence-electron chi connectivity index (χ1n) is 14.9. The summed E-state index contributed by atoms with van der Waals surface area (Å²) in [6.45, 7) is 1.95. The Balaban J connectivity index is 1.49. The van der Waals surface area contributed by atoms with Crippen molar-refractivity contribution in [3.63, 3.8) is 0 Å². The van der Waals surface area contributed by atoms with Gasteiger partial charge in [0.25, 0.3) is 11.8 Å².